The van der Waals surface area contributed by atoms with Crippen LogP contribution in [0.25, 0.3) is 0 Å². The number of hydrogen-bond donors (Lipinski definition) is 5. The number of aliphatic hydroxyl groups excluding tert-OH is 1. The topological polar surface area (TPSA) is 211 Å². The van der Waals surface area contributed by atoms with E-state index in [1.165, 1.54) is 11.0 Å². The first-order valence-corrected chi connectivity index (χ1v) is 18.1. The summed E-state index contributed by atoms with van der Waals surface area (Å²) in [7, 11) is 3.29. The van der Waals surface area contributed by atoms with Crippen LogP contribution in [0.15, 0.2) is 82.9 Å². The molecule has 0 heterocycles. The predicted octanol–water partition coefficient (Wildman–Crippen LogP) is 3.97. The molecule has 0 aromatic carbocycles. The number of nitrogens with zero attached hydrogens (tertiary/aromatic N) is 3. The molecule has 0 aliphatic rings. The normalized spacial score (nSPS) is 13.7. The van der Waals surface area contributed by atoms with E-state index in [1.807, 2.05) is 0 Å². The molecule has 0 radical (unpaired) electrons. The Morgan fingerprint density at radius 2 is 1.40 bits per heavy atom. The number of ether oxygens (including phenoxy) is 1. The molecule has 0 aliphatic carbocycles. The van der Waals surface area contributed by atoms with Crippen molar-refractivity contribution in [3.63, 3.8) is 0 Å². The lowest BCUT2D eigenvalue weighted by molar-refractivity contribution is -0.139. The third kappa shape index (κ3) is 27.3. The minimum atomic E-state index is -1.49. The number of carbonyl (C=O) groups excluding carboxylic acids is 4. The summed E-state index contributed by atoms with van der Waals surface area (Å²) in [4.78, 5) is 57.1. The highest BCUT2D eigenvalue weighted by atomic mass is 32.2. The number of hydrogen-bond acceptors (Lipinski definition) is 8. The van der Waals surface area contributed by atoms with Gasteiger partial charge in [0.1, 0.15) is 18.6 Å². The number of nitrogens with one attached hydrogen (secondary N) is 2. The van der Waals surface area contributed by atoms with Gasteiger partial charge in [-0.3, -0.25) is 14.4 Å². The maximum Gasteiger partial charge on any atom is 0.342 e. The van der Waals surface area contributed by atoms with E-state index in [0.717, 1.165) is 50.6 Å². The van der Waals surface area contributed by atoms with Gasteiger partial charge in [0.15, 0.2) is 5.96 Å². The van der Waals surface area contributed by atoms with E-state index in [2.05, 4.69) is 88.3 Å². The first-order valence-electron chi connectivity index (χ1n) is 17.2. The van der Waals surface area contributed by atoms with Crippen LogP contribution in [0.3, 0.4) is 0 Å². The van der Waals surface area contributed by atoms with Crippen molar-refractivity contribution in [3.8, 4) is 0 Å². The molecule has 52 heavy (non-hydrogen) atoms. The average Bonchev–Trinajstić information content (AvgIpc) is 3.08. The van der Waals surface area contributed by atoms with E-state index >= 15 is 0 Å². The summed E-state index contributed by atoms with van der Waals surface area (Å²) in [6.07, 6.45) is 29.3. The number of aliphatic imine (C=N–C) groups is 2. The van der Waals surface area contributed by atoms with Crippen LogP contribution in [0.5, 0.6) is 0 Å². The van der Waals surface area contributed by atoms with Crippen molar-refractivity contribution in [2.24, 2.45) is 26.9 Å². The van der Waals surface area contributed by atoms with Crippen molar-refractivity contribution < 1.29 is 33.2 Å². The highest BCUT2D eigenvalue weighted by Gasteiger charge is 2.34. The Kier molecular flexibility index (Phi) is 27.6. The van der Waals surface area contributed by atoms with Crippen LogP contribution in [0.4, 0.5) is 0 Å². The van der Waals surface area contributed by atoms with Gasteiger partial charge in [-0.25, -0.2) is 4.79 Å². The maximum atomic E-state index is 12.4. The Labute approximate surface area is 313 Å². The zero-order valence-corrected chi connectivity index (χ0v) is 32.1. The fraction of sp³-hybridized carbons (Fsp3) is 0.514. The number of allylic oxidation sites excluding steroid dienone is 11. The van der Waals surface area contributed by atoms with E-state index in [9.17, 15) is 24.3 Å². The van der Waals surface area contributed by atoms with Crippen LogP contribution in [-0.2, 0) is 28.1 Å². The molecule has 0 fully saturated rings. The number of aliphatic hydroxyl groups is 1. The Bertz CT molecular complexity index is 1320. The summed E-state index contributed by atoms with van der Waals surface area (Å²) < 4.78 is 10.3. The molecule has 0 aliphatic heterocycles. The van der Waals surface area contributed by atoms with Gasteiger partial charge < -0.3 is 41.0 Å². The molecule has 0 saturated heterocycles. The number of rotatable bonds is 25. The summed E-state index contributed by atoms with van der Waals surface area (Å²) in [6, 6.07) is 0. The molecule has 0 spiro atoms. The fourth-order valence-corrected chi connectivity index (χ4v) is 4.14. The number of nitrogens with two attached hydrogens (primary N) is 2. The molecule has 0 aromatic heterocycles. The van der Waals surface area contributed by atoms with Crippen LogP contribution in [-0.4, -0.2) is 91.5 Å². The van der Waals surface area contributed by atoms with Gasteiger partial charge in [0.25, 0.3) is 5.91 Å². The average molecular weight is 746 g/mol. The van der Waals surface area contributed by atoms with E-state index < -0.39 is 35.9 Å². The lowest BCUT2D eigenvalue weighted by Gasteiger charge is -2.29. The van der Waals surface area contributed by atoms with Gasteiger partial charge in [-0.15, -0.1) is 0 Å². The van der Waals surface area contributed by atoms with Crippen LogP contribution >= 0.6 is 12.0 Å². The zero-order valence-electron chi connectivity index (χ0n) is 31.3. The Balaban J connectivity index is 4.07. The minimum Gasteiger partial charge on any atom is -0.386 e. The second-order valence-corrected chi connectivity index (χ2v) is 12.8. The van der Waals surface area contributed by atoms with Crippen LogP contribution in [0.2, 0.25) is 0 Å². The molecule has 1 unspecified atom stereocenters. The highest BCUT2D eigenvalue weighted by Crippen LogP contribution is 2.21. The highest BCUT2D eigenvalue weighted by molar-refractivity contribution is 7.95. The number of unbranched alkanes of at least 4 members (excludes halogenated alkanes) is 1. The van der Waals surface area contributed by atoms with Crippen molar-refractivity contribution >= 4 is 47.7 Å². The van der Waals surface area contributed by atoms with Gasteiger partial charge in [0.05, 0.1) is 18.6 Å². The van der Waals surface area contributed by atoms with Gasteiger partial charge >= 0.3 is 5.97 Å². The summed E-state index contributed by atoms with van der Waals surface area (Å²) >= 11 is 0.785. The van der Waals surface area contributed by atoms with Crippen molar-refractivity contribution in [2.75, 3.05) is 39.7 Å². The number of carbonyl (C=O) groups is 4. The third-order valence-corrected chi connectivity index (χ3v) is 7.19. The largest absolute Gasteiger partial charge is 0.386 e. The van der Waals surface area contributed by atoms with Gasteiger partial charge in [-0.1, -0.05) is 87.6 Å². The number of amides is 3. The smallest absolute Gasteiger partial charge is 0.342 e. The van der Waals surface area contributed by atoms with E-state index in [1.54, 1.807) is 34.0 Å². The molecule has 290 valence electrons. The molecule has 14 nitrogen and oxygen atoms in total. The van der Waals surface area contributed by atoms with Gasteiger partial charge in [-0.05, 0) is 44.9 Å². The lowest BCUT2D eigenvalue weighted by atomic mass is 9.87. The number of guanidine groups is 2. The Morgan fingerprint density at radius 3 is 1.98 bits per heavy atom. The minimum absolute atomic E-state index is 0.0309. The second kappa shape index (κ2) is 30.2. The SMILES string of the molecule is CCC=CCC=CCC=CCC=CCC=CCC/C=C/C(=O)OSCNC(=O)CCNC(=O)C(O)C(C)(C)COCC(=O)N=C(N)N=C(N)N(C)C. The Morgan fingerprint density at radius 1 is 0.846 bits per heavy atom. The van der Waals surface area contributed by atoms with Crippen molar-refractivity contribution in [1.82, 2.24) is 15.5 Å². The van der Waals surface area contributed by atoms with Crippen molar-refractivity contribution in [1.29, 1.82) is 0 Å². The summed E-state index contributed by atoms with van der Waals surface area (Å²) in [5.74, 6) is -2.58. The van der Waals surface area contributed by atoms with Crippen molar-refractivity contribution in [3.05, 3.63) is 72.9 Å². The standard InChI is InChI=1S/C37H59N7O7S/c1-6-7-8-9-10-11-12-13-14-15-16-17-18-19-20-21-22-23-24-32(47)51-52-29-41-30(45)25-26-40-34(49)33(48)37(2,3)28-50-27-31(46)42-35(38)43-36(39)44(4)5/h7-8,10-11,13-14,16-17,19-20,23-24,33,48H,6,9,12,15,18,21-22,25-29H2,1-5H3,(H,40,49)(H,41,45)(H4,38,39,42,43,46)/b8-7?,11-10?,14-13?,17-16?,20-19?,24-23+. The molecule has 0 rings (SSSR count). The molecular formula is C37H59N7O7S. The van der Waals surface area contributed by atoms with Gasteiger partial charge in [0.2, 0.25) is 17.8 Å². The van der Waals surface area contributed by atoms with Crippen molar-refractivity contribution in [2.45, 2.75) is 78.2 Å². The van der Waals surface area contributed by atoms with Crippen LogP contribution < -0.4 is 22.1 Å². The third-order valence-electron chi connectivity index (χ3n) is 6.65. The molecule has 0 saturated carbocycles. The fourth-order valence-electron chi connectivity index (χ4n) is 3.69. The quantitative estimate of drug-likeness (QED) is 0.0172. The molecule has 7 N–H and O–H groups in total. The molecule has 0 bridgehead atoms. The van der Waals surface area contributed by atoms with Crippen LogP contribution in [0, 0.1) is 5.41 Å². The summed E-state index contributed by atoms with van der Waals surface area (Å²) in [5, 5.41) is 15.5. The second-order valence-electron chi connectivity index (χ2n) is 12.1. The molecule has 1 atom stereocenters. The first kappa shape index (κ1) is 47.5. The predicted molar refractivity (Wildman–Crippen MR) is 210 cm³/mol. The lowest BCUT2D eigenvalue weighted by Crippen LogP contribution is -2.46. The van der Waals surface area contributed by atoms with Gasteiger partial charge in [0, 0.05) is 38.6 Å². The van der Waals surface area contributed by atoms with E-state index in [-0.39, 0.29) is 43.3 Å². The molecule has 0 aromatic rings. The molecular weight excluding hydrogens is 687 g/mol. The first-order chi connectivity index (χ1) is 24.8. The zero-order chi connectivity index (χ0) is 39.0. The summed E-state index contributed by atoms with van der Waals surface area (Å²) in [6.45, 7) is 4.65. The molecule has 3 amide bonds. The van der Waals surface area contributed by atoms with Crippen LogP contribution in [0.1, 0.15) is 72.1 Å². The van der Waals surface area contributed by atoms with E-state index in [0.29, 0.717) is 6.42 Å². The van der Waals surface area contributed by atoms with Gasteiger partial charge in [-0.2, -0.15) is 9.98 Å². The summed E-state index contributed by atoms with van der Waals surface area (Å²) in [5.41, 5.74) is 10.1. The maximum absolute atomic E-state index is 12.4. The monoisotopic (exact) mass is 745 g/mol. The van der Waals surface area contributed by atoms with E-state index in [4.69, 9.17) is 20.4 Å². The Hall–Kier alpha value is -4.47. The molecule has 15 heteroatoms.